The van der Waals surface area contributed by atoms with Crippen LogP contribution in [0.2, 0.25) is 0 Å². The van der Waals surface area contributed by atoms with Crippen LogP contribution in [0, 0.1) is 0 Å². The Kier molecular flexibility index (Phi) is 3.37. The number of rotatable bonds is 1. The molecule has 0 aliphatic carbocycles. The molecule has 3 nitrogen and oxygen atoms in total. The van der Waals surface area contributed by atoms with E-state index < -0.39 is 5.97 Å². The molecule has 0 radical (unpaired) electrons. The van der Waals surface area contributed by atoms with Gasteiger partial charge in [0.15, 0.2) is 0 Å². The summed E-state index contributed by atoms with van der Waals surface area (Å²) in [5.41, 5.74) is 2.74. The van der Waals surface area contributed by atoms with Gasteiger partial charge in [0.05, 0.1) is 21.3 Å². The van der Waals surface area contributed by atoms with Crippen molar-refractivity contribution in [3.8, 4) is 0 Å². The van der Waals surface area contributed by atoms with Crippen molar-refractivity contribution in [2.75, 3.05) is 0 Å². The standard InChI is InChI=1S/C8H5NO2S.Cd/c10-8(11)5-1-2-7-6(3-5)9-4-12-7;/h1-4H,(H,10,11);. The Morgan fingerprint density at radius 1 is 1.46 bits per heavy atom. The van der Waals surface area contributed by atoms with Crippen LogP contribution in [0.4, 0.5) is 0 Å². The minimum Gasteiger partial charge on any atom is -0.478 e. The van der Waals surface area contributed by atoms with Gasteiger partial charge >= 0.3 is 5.97 Å². The number of carboxylic acids is 1. The van der Waals surface area contributed by atoms with E-state index in [1.807, 2.05) is 0 Å². The Labute approximate surface area is 98.6 Å². The van der Waals surface area contributed by atoms with E-state index in [2.05, 4.69) is 4.98 Å². The maximum absolute atomic E-state index is 10.5. The van der Waals surface area contributed by atoms with E-state index in [1.165, 1.54) is 11.3 Å². The summed E-state index contributed by atoms with van der Waals surface area (Å²) in [7, 11) is 0. The fourth-order valence-corrected chi connectivity index (χ4v) is 1.65. The second-order valence-electron chi connectivity index (χ2n) is 2.34. The number of benzene rings is 1. The van der Waals surface area contributed by atoms with Crippen LogP contribution in [0.5, 0.6) is 0 Å². The van der Waals surface area contributed by atoms with Crippen LogP contribution in [0.25, 0.3) is 10.2 Å². The van der Waals surface area contributed by atoms with Crippen molar-refractivity contribution >= 4 is 27.5 Å². The second-order valence-corrected chi connectivity index (χ2v) is 3.23. The predicted octanol–water partition coefficient (Wildman–Crippen LogP) is 1.99. The van der Waals surface area contributed by atoms with Crippen LogP contribution < -0.4 is 0 Å². The van der Waals surface area contributed by atoms with Crippen molar-refractivity contribution in [3.63, 3.8) is 0 Å². The van der Waals surface area contributed by atoms with Gasteiger partial charge in [-0.25, -0.2) is 9.78 Å². The Morgan fingerprint density at radius 3 is 2.92 bits per heavy atom. The molecule has 1 aromatic carbocycles. The SMILES string of the molecule is O=C(O)c1ccc2scnc2c1.[Cd]. The third kappa shape index (κ3) is 2.05. The van der Waals surface area contributed by atoms with E-state index in [-0.39, 0.29) is 32.9 Å². The molecular formula is C8H5CdNO2S. The molecule has 0 saturated heterocycles. The molecule has 62 valence electrons. The molecule has 0 unspecified atom stereocenters. The first-order valence-corrected chi connectivity index (χ1v) is 4.22. The Hall–Kier alpha value is -0.498. The number of hydrogen-bond acceptors (Lipinski definition) is 3. The predicted molar refractivity (Wildman–Crippen MR) is 46.6 cm³/mol. The quantitative estimate of drug-likeness (QED) is 0.818. The molecule has 0 aliphatic heterocycles. The van der Waals surface area contributed by atoms with E-state index in [0.29, 0.717) is 0 Å². The summed E-state index contributed by atoms with van der Waals surface area (Å²) in [5.74, 6) is -0.912. The van der Waals surface area contributed by atoms with Gasteiger partial charge in [0.1, 0.15) is 0 Å². The van der Waals surface area contributed by atoms with Gasteiger partial charge < -0.3 is 5.11 Å². The van der Waals surface area contributed by atoms with Crippen LogP contribution in [-0.2, 0) is 27.3 Å². The van der Waals surface area contributed by atoms with Gasteiger partial charge in [-0.2, -0.15) is 0 Å². The minimum atomic E-state index is -0.912. The van der Waals surface area contributed by atoms with Crippen LogP contribution in [0.1, 0.15) is 10.4 Å². The van der Waals surface area contributed by atoms with Crippen molar-refractivity contribution in [2.24, 2.45) is 0 Å². The normalized spacial score (nSPS) is 9.54. The van der Waals surface area contributed by atoms with Crippen molar-refractivity contribution < 1.29 is 37.2 Å². The molecule has 2 rings (SSSR count). The maximum atomic E-state index is 10.5. The van der Waals surface area contributed by atoms with Crippen LogP contribution in [0.3, 0.4) is 0 Å². The van der Waals surface area contributed by atoms with Crippen LogP contribution in [0.15, 0.2) is 23.7 Å². The molecule has 0 fully saturated rings. The molecule has 0 bridgehead atoms. The first kappa shape index (κ1) is 10.6. The molecule has 1 aromatic heterocycles. The van der Waals surface area contributed by atoms with Crippen molar-refractivity contribution in [2.45, 2.75) is 0 Å². The molecule has 0 amide bonds. The zero-order valence-electron chi connectivity index (χ0n) is 6.73. The van der Waals surface area contributed by atoms with E-state index >= 15 is 0 Å². The monoisotopic (exact) mass is 293 g/mol. The average molecular weight is 292 g/mol. The van der Waals surface area contributed by atoms with Crippen LogP contribution in [-0.4, -0.2) is 16.1 Å². The van der Waals surface area contributed by atoms with E-state index in [0.717, 1.165) is 10.2 Å². The van der Waals surface area contributed by atoms with Gasteiger partial charge in [-0.3, -0.25) is 0 Å². The summed E-state index contributed by atoms with van der Waals surface area (Å²) in [6.07, 6.45) is 0. The minimum absolute atomic E-state index is 0. The van der Waals surface area contributed by atoms with E-state index in [1.54, 1.807) is 23.7 Å². The Balaban J connectivity index is 0.000000845. The van der Waals surface area contributed by atoms with Crippen LogP contribution >= 0.6 is 11.3 Å². The average Bonchev–Trinajstić information content (AvgIpc) is 2.49. The zero-order valence-corrected chi connectivity index (χ0v) is 11.6. The topological polar surface area (TPSA) is 50.2 Å². The fourth-order valence-electron chi connectivity index (χ4n) is 0.991. The number of carboxylic acid groups (broad SMARTS) is 1. The first-order chi connectivity index (χ1) is 5.77. The summed E-state index contributed by atoms with van der Waals surface area (Å²) < 4.78 is 1.01. The van der Waals surface area contributed by atoms with Crippen molar-refractivity contribution in [3.05, 3.63) is 29.3 Å². The number of aromatic carboxylic acids is 1. The number of hydrogen-bond donors (Lipinski definition) is 1. The van der Waals surface area contributed by atoms with Gasteiger partial charge in [0.25, 0.3) is 0 Å². The smallest absolute Gasteiger partial charge is 0.335 e. The number of fused-ring (bicyclic) bond motifs is 1. The molecule has 2 aromatic rings. The first-order valence-electron chi connectivity index (χ1n) is 3.34. The number of nitrogens with zero attached hydrogens (tertiary/aromatic N) is 1. The third-order valence-corrected chi connectivity index (χ3v) is 2.39. The van der Waals surface area contributed by atoms with E-state index in [4.69, 9.17) is 5.11 Å². The Bertz CT molecular complexity index is 440. The molecule has 1 heterocycles. The molecule has 0 aliphatic rings. The van der Waals surface area contributed by atoms with E-state index in [9.17, 15) is 4.79 Å². The van der Waals surface area contributed by atoms with Crippen molar-refractivity contribution in [1.82, 2.24) is 4.98 Å². The van der Waals surface area contributed by atoms with Gasteiger partial charge in [-0.15, -0.1) is 11.3 Å². The largest absolute Gasteiger partial charge is 0.478 e. The number of aromatic nitrogens is 1. The number of thiazole rings is 1. The Morgan fingerprint density at radius 2 is 2.23 bits per heavy atom. The van der Waals surface area contributed by atoms with Crippen molar-refractivity contribution in [1.29, 1.82) is 0 Å². The summed E-state index contributed by atoms with van der Waals surface area (Å²) in [4.78, 5) is 14.6. The molecule has 13 heavy (non-hydrogen) atoms. The van der Waals surface area contributed by atoms with Gasteiger partial charge in [0.2, 0.25) is 0 Å². The summed E-state index contributed by atoms with van der Waals surface area (Å²) in [6.45, 7) is 0. The second kappa shape index (κ2) is 4.14. The molecule has 0 saturated carbocycles. The summed E-state index contributed by atoms with van der Waals surface area (Å²) in [5, 5.41) is 8.66. The van der Waals surface area contributed by atoms with Gasteiger partial charge in [-0.1, -0.05) is 0 Å². The number of carbonyl (C=O) groups is 1. The molecule has 1 N–H and O–H groups in total. The third-order valence-electron chi connectivity index (χ3n) is 1.58. The molecule has 5 heteroatoms. The zero-order chi connectivity index (χ0) is 8.55. The molecule has 0 atom stereocenters. The fraction of sp³-hybridized carbons (Fsp3) is 0. The molecule has 0 spiro atoms. The maximum Gasteiger partial charge on any atom is 0.335 e. The van der Waals surface area contributed by atoms with Gasteiger partial charge in [-0.05, 0) is 18.2 Å². The summed E-state index contributed by atoms with van der Waals surface area (Å²) in [6, 6.07) is 4.94. The van der Waals surface area contributed by atoms with Gasteiger partial charge in [0, 0.05) is 27.3 Å². The molecular weight excluding hydrogens is 287 g/mol. The summed E-state index contributed by atoms with van der Waals surface area (Å²) >= 11 is 1.50.